The quantitative estimate of drug-likeness (QED) is 0.613. The van der Waals surface area contributed by atoms with Gasteiger partial charge in [0.15, 0.2) is 0 Å². The van der Waals surface area contributed by atoms with E-state index < -0.39 is 0 Å². The van der Waals surface area contributed by atoms with Crippen LogP contribution in [0.4, 0.5) is 0 Å². The van der Waals surface area contributed by atoms with Gasteiger partial charge in [-0.25, -0.2) is 4.98 Å². The van der Waals surface area contributed by atoms with Crippen LogP contribution in [-0.2, 0) is 0 Å². The van der Waals surface area contributed by atoms with Gasteiger partial charge in [-0.1, -0.05) is 12.1 Å². The van der Waals surface area contributed by atoms with Gasteiger partial charge in [-0.05, 0) is 12.1 Å². The maximum atomic E-state index is 6.00. The molecule has 1 heterocycles. The van der Waals surface area contributed by atoms with E-state index in [0.29, 0.717) is 0 Å². The Morgan fingerprint density at radius 2 is 1.83 bits per heavy atom. The Balaban J connectivity index is 0.000000378. The fraction of sp³-hybridized carbons (Fsp3) is 0. The van der Waals surface area contributed by atoms with Gasteiger partial charge in [0.25, 0.3) is 0 Å². The minimum absolute atomic E-state index is 0. The molecule has 3 nitrogen and oxygen atoms in total. The van der Waals surface area contributed by atoms with Crippen LogP contribution in [0.2, 0.25) is 0 Å². The van der Waals surface area contributed by atoms with E-state index in [-0.39, 0.29) is 12.4 Å². The summed E-state index contributed by atoms with van der Waals surface area (Å²) in [5, 5.41) is 12.0. The Morgan fingerprint density at radius 1 is 1.17 bits per heavy atom. The number of nitrogens with zero attached hydrogens (tertiary/aromatic N) is 3. The largest absolute Gasteiger partial charge is 0.245 e. The van der Waals surface area contributed by atoms with Crippen LogP contribution in [0.5, 0.6) is 0 Å². The van der Waals surface area contributed by atoms with Crippen LogP contribution in [0.1, 0.15) is 0 Å². The summed E-state index contributed by atoms with van der Waals surface area (Å²) in [5.41, 5.74) is 2.97. The summed E-state index contributed by atoms with van der Waals surface area (Å²) < 4.78 is 1.26. The number of aromatic nitrogens is 1. The first-order chi connectivity index (χ1) is 5.47. The van der Waals surface area contributed by atoms with Gasteiger partial charge in [0, 0.05) is 10.8 Å². The summed E-state index contributed by atoms with van der Waals surface area (Å²) in [4.78, 5) is 4.14. The molecule has 0 amide bonds. The van der Waals surface area contributed by atoms with Crippen molar-refractivity contribution in [2.24, 2.45) is 0 Å². The number of halogens is 1. The van der Waals surface area contributed by atoms with Crippen molar-refractivity contribution in [2.45, 2.75) is 0 Å². The van der Waals surface area contributed by atoms with Gasteiger partial charge in [0.1, 0.15) is 0 Å². The monoisotopic (exact) mass is 199 g/mol. The number of hydrogen-bond donors (Lipinski definition) is 0. The average molecular weight is 200 g/mol. The van der Waals surface area contributed by atoms with Crippen LogP contribution >= 0.6 is 23.7 Å². The molecule has 0 bridgehead atoms. The van der Waals surface area contributed by atoms with Crippen molar-refractivity contribution in [1.82, 2.24) is 4.98 Å². The average Bonchev–Trinajstić information content (AvgIpc) is 2.55. The first-order valence-electron chi connectivity index (χ1n) is 2.95. The molecule has 2 rings (SSSR count). The molecule has 1 aromatic heterocycles. The molecule has 0 saturated carbocycles. The lowest BCUT2D eigenvalue weighted by atomic mass is 10.3. The molecule has 0 radical (unpaired) electrons. The molecular weight excluding hydrogens is 194 g/mol. The summed E-state index contributed by atoms with van der Waals surface area (Å²) >= 11 is 1.68. The molecule has 12 heavy (non-hydrogen) atoms. The first-order valence-corrected chi connectivity index (χ1v) is 3.83. The smallest absolute Gasteiger partial charge is 0.0812 e. The van der Waals surface area contributed by atoms with Crippen molar-refractivity contribution in [3.8, 4) is 0 Å². The van der Waals surface area contributed by atoms with E-state index in [1.807, 2.05) is 23.7 Å². The molecule has 0 fully saturated rings. The lowest BCUT2D eigenvalue weighted by molar-refractivity contribution is 1.15. The Hall–Kier alpha value is -1.18. The highest BCUT2D eigenvalue weighted by Gasteiger charge is 1.89. The minimum atomic E-state index is 0. The van der Waals surface area contributed by atoms with Gasteiger partial charge in [-0.15, -0.1) is 23.7 Å². The van der Waals surface area contributed by atoms with Gasteiger partial charge in [0.05, 0.1) is 15.7 Å². The van der Waals surface area contributed by atoms with Gasteiger partial charge >= 0.3 is 0 Å². The number of fused-ring (bicyclic) bond motifs is 1. The maximum absolute atomic E-state index is 6.00. The molecular formula is C7H6ClN3S. The first kappa shape index (κ1) is 10.8. The summed E-state index contributed by atoms with van der Waals surface area (Å²) in [6, 6.07) is 8.13. The Kier molecular flexibility index (Phi) is 4.93. The van der Waals surface area contributed by atoms with E-state index in [9.17, 15) is 0 Å². The Bertz CT molecular complexity index is 327. The second-order valence-electron chi connectivity index (χ2n) is 1.82. The van der Waals surface area contributed by atoms with Crippen LogP contribution in [0, 0.1) is 10.8 Å². The summed E-state index contributed by atoms with van der Waals surface area (Å²) in [5.74, 6) is 0. The predicted molar refractivity (Wildman–Crippen MR) is 50.3 cm³/mol. The SMILES string of the molecule is Cl.N#N.c1ccc2scnc2c1. The van der Waals surface area contributed by atoms with Crippen LogP contribution in [-0.4, -0.2) is 4.98 Å². The second kappa shape index (κ2) is 5.47. The van der Waals surface area contributed by atoms with E-state index in [2.05, 4.69) is 11.1 Å². The lowest BCUT2D eigenvalue weighted by Gasteiger charge is -1.80. The van der Waals surface area contributed by atoms with Crippen LogP contribution in [0.15, 0.2) is 29.8 Å². The van der Waals surface area contributed by atoms with E-state index in [0.717, 1.165) is 5.52 Å². The molecule has 0 saturated heterocycles. The van der Waals surface area contributed by atoms with Crippen LogP contribution in [0.3, 0.4) is 0 Å². The maximum Gasteiger partial charge on any atom is 0.0812 e. The zero-order valence-corrected chi connectivity index (χ0v) is 7.68. The number of benzene rings is 1. The van der Waals surface area contributed by atoms with Crippen molar-refractivity contribution in [3.05, 3.63) is 29.8 Å². The topological polar surface area (TPSA) is 60.5 Å². The minimum Gasteiger partial charge on any atom is -0.245 e. The van der Waals surface area contributed by atoms with E-state index in [1.165, 1.54) is 4.70 Å². The lowest BCUT2D eigenvalue weighted by Crippen LogP contribution is -1.61. The predicted octanol–water partition coefficient (Wildman–Crippen LogP) is 2.75. The van der Waals surface area contributed by atoms with Gasteiger partial charge < -0.3 is 0 Å². The molecule has 0 N–H and O–H groups in total. The van der Waals surface area contributed by atoms with Crippen molar-refractivity contribution in [1.29, 1.82) is 10.8 Å². The van der Waals surface area contributed by atoms with Gasteiger partial charge in [-0.2, -0.15) is 0 Å². The highest BCUT2D eigenvalue weighted by molar-refractivity contribution is 7.16. The zero-order valence-electron chi connectivity index (χ0n) is 6.04. The third-order valence-corrected chi connectivity index (χ3v) is 2.05. The fourth-order valence-electron chi connectivity index (χ4n) is 0.803. The molecule has 0 aliphatic carbocycles. The molecule has 0 spiro atoms. The zero-order chi connectivity index (χ0) is 8.10. The molecule has 5 heteroatoms. The van der Waals surface area contributed by atoms with E-state index >= 15 is 0 Å². The summed E-state index contributed by atoms with van der Waals surface area (Å²) in [6.07, 6.45) is 0. The highest BCUT2D eigenvalue weighted by atomic mass is 35.5. The third-order valence-electron chi connectivity index (χ3n) is 1.24. The molecule has 2 aromatic rings. The number of thiazole rings is 1. The van der Waals surface area contributed by atoms with Crippen LogP contribution in [0.25, 0.3) is 10.2 Å². The van der Waals surface area contributed by atoms with Crippen molar-refractivity contribution >= 4 is 34.0 Å². The van der Waals surface area contributed by atoms with E-state index in [1.54, 1.807) is 11.3 Å². The number of para-hydroxylation sites is 1. The van der Waals surface area contributed by atoms with Crippen molar-refractivity contribution < 1.29 is 0 Å². The third kappa shape index (κ3) is 2.16. The van der Waals surface area contributed by atoms with Gasteiger partial charge in [0.2, 0.25) is 0 Å². The molecule has 1 aromatic carbocycles. The van der Waals surface area contributed by atoms with Crippen molar-refractivity contribution in [2.75, 3.05) is 0 Å². The molecule has 0 aliphatic heterocycles. The Labute approximate surface area is 79.9 Å². The normalized spacial score (nSPS) is 7.83. The number of hydrogen-bond acceptors (Lipinski definition) is 4. The van der Waals surface area contributed by atoms with Crippen LogP contribution < -0.4 is 0 Å². The molecule has 0 atom stereocenters. The molecule has 62 valence electrons. The Morgan fingerprint density at radius 3 is 2.50 bits per heavy atom. The standard InChI is InChI=1S/C7H5NS.ClH.N2/c1-2-4-7-6(3-1)8-5-9-7;;1-2/h1-5H;1H;. The summed E-state index contributed by atoms with van der Waals surface area (Å²) in [6.45, 7) is 0. The second-order valence-corrected chi connectivity index (χ2v) is 2.71. The summed E-state index contributed by atoms with van der Waals surface area (Å²) in [7, 11) is 0. The number of rotatable bonds is 0. The van der Waals surface area contributed by atoms with E-state index in [4.69, 9.17) is 10.8 Å². The molecule has 0 unspecified atom stereocenters. The highest BCUT2D eigenvalue weighted by Crippen LogP contribution is 2.15. The fourth-order valence-corrected chi connectivity index (χ4v) is 1.48. The van der Waals surface area contributed by atoms with Crippen molar-refractivity contribution in [3.63, 3.8) is 0 Å². The molecule has 0 aliphatic rings. The van der Waals surface area contributed by atoms with Gasteiger partial charge in [-0.3, -0.25) is 0 Å².